The van der Waals surface area contributed by atoms with Gasteiger partial charge in [0.2, 0.25) is 0 Å². The second-order valence-electron chi connectivity index (χ2n) is 5.90. The first kappa shape index (κ1) is 15.5. The monoisotopic (exact) mass is 291 g/mol. The SMILES string of the molecule is CCOC1CC(NC(=O)c2ccccc2)(C(=O)O)C1(C)C. The first-order valence-electron chi connectivity index (χ1n) is 7.07. The largest absolute Gasteiger partial charge is 0.479 e. The summed E-state index contributed by atoms with van der Waals surface area (Å²) in [5.41, 5.74) is -1.51. The molecule has 21 heavy (non-hydrogen) atoms. The van der Waals surface area contributed by atoms with Gasteiger partial charge >= 0.3 is 5.97 Å². The van der Waals surface area contributed by atoms with Crippen LogP contribution in [0.4, 0.5) is 0 Å². The Balaban J connectivity index is 2.22. The lowest BCUT2D eigenvalue weighted by molar-refractivity contribution is -0.190. The molecule has 114 valence electrons. The molecule has 1 amide bonds. The van der Waals surface area contributed by atoms with Crippen LogP contribution < -0.4 is 5.32 Å². The molecule has 1 saturated carbocycles. The van der Waals surface area contributed by atoms with Gasteiger partial charge in [0, 0.05) is 24.0 Å². The molecular weight excluding hydrogens is 270 g/mol. The molecule has 0 aromatic heterocycles. The summed E-state index contributed by atoms with van der Waals surface area (Å²) >= 11 is 0. The second-order valence-corrected chi connectivity index (χ2v) is 5.90. The van der Waals surface area contributed by atoms with Crippen molar-refractivity contribution in [1.82, 2.24) is 5.32 Å². The number of carboxylic acid groups (broad SMARTS) is 1. The fraction of sp³-hybridized carbons (Fsp3) is 0.500. The number of ether oxygens (including phenoxy) is 1. The maximum Gasteiger partial charge on any atom is 0.330 e. The number of benzene rings is 1. The van der Waals surface area contributed by atoms with E-state index in [4.69, 9.17) is 4.74 Å². The van der Waals surface area contributed by atoms with Crippen molar-refractivity contribution in [2.24, 2.45) is 5.41 Å². The Morgan fingerprint density at radius 3 is 2.43 bits per heavy atom. The van der Waals surface area contributed by atoms with Gasteiger partial charge in [-0.15, -0.1) is 0 Å². The molecule has 0 heterocycles. The van der Waals surface area contributed by atoms with Crippen molar-refractivity contribution in [3.63, 3.8) is 0 Å². The quantitative estimate of drug-likeness (QED) is 0.871. The first-order valence-corrected chi connectivity index (χ1v) is 7.07. The second kappa shape index (κ2) is 5.48. The van der Waals surface area contributed by atoms with Gasteiger partial charge in [0.25, 0.3) is 5.91 Å². The molecule has 0 aliphatic heterocycles. The Labute approximate surface area is 124 Å². The molecule has 1 aromatic rings. The van der Waals surface area contributed by atoms with E-state index in [1.54, 1.807) is 24.3 Å². The summed E-state index contributed by atoms with van der Waals surface area (Å²) < 4.78 is 5.57. The predicted molar refractivity (Wildman–Crippen MR) is 78.1 cm³/mol. The Morgan fingerprint density at radius 1 is 1.33 bits per heavy atom. The number of hydrogen-bond acceptors (Lipinski definition) is 3. The molecule has 5 heteroatoms. The molecule has 0 spiro atoms. The number of nitrogens with one attached hydrogen (secondary N) is 1. The topological polar surface area (TPSA) is 75.6 Å². The average molecular weight is 291 g/mol. The van der Waals surface area contributed by atoms with Gasteiger partial charge in [-0.3, -0.25) is 4.79 Å². The van der Waals surface area contributed by atoms with Crippen LogP contribution in [0.1, 0.15) is 37.6 Å². The lowest BCUT2D eigenvalue weighted by atomic mass is 9.54. The first-order chi connectivity index (χ1) is 9.85. The van der Waals surface area contributed by atoms with E-state index in [9.17, 15) is 14.7 Å². The number of aliphatic carboxylic acids is 1. The zero-order valence-electron chi connectivity index (χ0n) is 12.6. The molecule has 2 unspecified atom stereocenters. The third-order valence-corrected chi connectivity index (χ3v) is 4.49. The van der Waals surface area contributed by atoms with Crippen molar-refractivity contribution in [1.29, 1.82) is 0 Å². The molecule has 2 rings (SSSR count). The highest BCUT2D eigenvalue weighted by Crippen LogP contribution is 2.51. The summed E-state index contributed by atoms with van der Waals surface area (Å²) in [4.78, 5) is 24.1. The van der Waals surface area contributed by atoms with Crippen LogP contribution in [0, 0.1) is 5.41 Å². The van der Waals surface area contributed by atoms with E-state index in [-0.39, 0.29) is 18.4 Å². The third-order valence-electron chi connectivity index (χ3n) is 4.49. The average Bonchev–Trinajstić information content (AvgIpc) is 2.46. The summed E-state index contributed by atoms with van der Waals surface area (Å²) in [7, 11) is 0. The van der Waals surface area contributed by atoms with E-state index in [2.05, 4.69) is 5.32 Å². The van der Waals surface area contributed by atoms with Crippen molar-refractivity contribution >= 4 is 11.9 Å². The Morgan fingerprint density at radius 2 is 1.95 bits per heavy atom. The molecule has 1 aliphatic carbocycles. The zero-order chi connectivity index (χ0) is 15.7. The summed E-state index contributed by atoms with van der Waals surface area (Å²) in [6.07, 6.45) is 0.108. The van der Waals surface area contributed by atoms with Crippen molar-refractivity contribution in [3.05, 3.63) is 35.9 Å². The summed E-state index contributed by atoms with van der Waals surface area (Å²) in [6.45, 7) is 6.03. The fourth-order valence-electron chi connectivity index (χ4n) is 2.89. The molecule has 5 nitrogen and oxygen atoms in total. The Hall–Kier alpha value is -1.88. The van der Waals surface area contributed by atoms with Crippen LogP contribution in [-0.2, 0) is 9.53 Å². The number of carboxylic acids is 1. The molecule has 1 fully saturated rings. The van der Waals surface area contributed by atoms with Gasteiger partial charge in [0.1, 0.15) is 5.54 Å². The van der Waals surface area contributed by atoms with E-state index in [0.717, 1.165) is 0 Å². The van der Waals surface area contributed by atoms with Crippen molar-refractivity contribution in [3.8, 4) is 0 Å². The number of rotatable bonds is 5. The minimum atomic E-state index is -1.29. The van der Waals surface area contributed by atoms with Crippen LogP contribution >= 0.6 is 0 Å². The number of carbonyl (C=O) groups is 2. The highest BCUT2D eigenvalue weighted by Gasteiger charge is 2.66. The molecular formula is C16H21NO4. The van der Waals surface area contributed by atoms with Crippen molar-refractivity contribution in [2.75, 3.05) is 6.61 Å². The van der Waals surface area contributed by atoms with E-state index in [0.29, 0.717) is 12.2 Å². The van der Waals surface area contributed by atoms with Gasteiger partial charge in [-0.2, -0.15) is 0 Å². The Kier molecular flexibility index (Phi) is 4.05. The van der Waals surface area contributed by atoms with Crippen LogP contribution in [0.5, 0.6) is 0 Å². The van der Waals surface area contributed by atoms with E-state index in [1.165, 1.54) is 0 Å². The van der Waals surface area contributed by atoms with Crippen LogP contribution in [0.3, 0.4) is 0 Å². The van der Waals surface area contributed by atoms with Gasteiger partial charge in [-0.05, 0) is 19.1 Å². The highest BCUT2D eigenvalue weighted by molar-refractivity contribution is 5.98. The van der Waals surface area contributed by atoms with Gasteiger partial charge < -0.3 is 15.2 Å². The maximum atomic E-state index is 12.3. The van der Waals surface area contributed by atoms with Gasteiger partial charge in [-0.1, -0.05) is 32.0 Å². The van der Waals surface area contributed by atoms with E-state index in [1.807, 2.05) is 26.8 Å². The Bertz CT molecular complexity index is 540. The van der Waals surface area contributed by atoms with Crippen LogP contribution in [-0.4, -0.2) is 35.2 Å². The fourth-order valence-corrected chi connectivity index (χ4v) is 2.89. The van der Waals surface area contributed by atoms with E-state index < -0.39 is 16.9 Å². The lowest BCUT2D eigenvalue weighted by Crippen LogP contribution is -2.76. The molecule has 0 radical (unpaired) electrons. The summed E-state index contributed by atoms with van der Waals surface area (Å²) in [5.74, 6) is -1.39. The smallest absolute Gasteiger partial charge is 0.330 e. The molecule has 0 saturated heterocycles. The van der Waals surface area contributed by atoms with Crippen LogP contribution in [0.15, 0.2) is 30.3 Å². The maximum absolute atomic E-state index is 12.3. The molecule has 2 N–H and O–H groups in total. The van der Waals surface area contributed by atoms with Crippen molar-refractivity contribution in [2.45, 2.75) is 38.8 Å². The normalized spacial score (nSPS) is 26.7. The van der Waals surface area contributed by atoms with Crippen LogP contribution in [0.2, 0.25) is 0 Å². The molecule has 1 aliphatic rings. The third kappa shape index (κ3) is 2.42. The molecule has 1 aromatic carbocycles. The molecule has 2 atom stereocenters. The lowest BCUT2D eigenvalue weighted by Gasteiger charge is -2.58. The minimum absolute atomic E-state index is 0.172. The number of hydrogen-bond donors (Lipinski definition) is 2. The predicted octanol–water partition coefficient (Wildman–Crippen LogP) is 2.07. The summed E-state index contributed by atoms with van der Waals surface area (Å²) in [6, 6.07) is 8.63. The van der Waals surface area contributed by atoms with E-state index >= 15 is 0 Å². The molecule has 0 bridgehead atoms. The van der Waals surface area contributed by atoms with Gasteiger partial charge in [0.15, 0.2) is 0 Å². The van der Waals surface area contributed by atoms with Crippen molar-refractivity contribution < 1.29 is 19.4 Å². The summed E-state index contributed by atoms with van der Waals surface area (Å²) in [5, 5.41) is 12.3. The standard InChI is InChI=1S/C16H21NO4/c1-4-21-12-10-16(14(19)20,15(12,2)3)17-13(18)11-8-6-5-7-9-11/h5-9,12H,4,10H2,1-3H3,(H,17,18)(H,19,20). The number of amides is 1. The highest BCUT2D eigenvalue weighted by atomic mass is 16.5. The number of carbonyl (C=O) groups excluding carboxylic acids is 1. The van der Waals surface area contributed by atoms with Gasteiger partial charge in [-0.25, -0.2) is 4.79 Å². The minimum Gasteiger partial charge on any atom is -0.479 e. The van der Waals surface area contributed by atoms with Crippen LogP contribution in [0.25, 0.3) is 0 Å². The van der Waals surface area contributed by atoms with Gasteiger partial charge in [0.05, 0.1) is 6.10 Å². The zero-order valence-corrected chi connectivity index (χ0v) is 12.6.